The molecule has 0 bridgehead atoms. The number of rotatable bonds is 5. The Hall–Kier alpha value is -0.810. The standard InChI is InChI=1S/C10H15NO3S/c1-3-8(12)11-9(13)4-5-10(11)15-7-6-14-2/h3,10H,1,4-7H2,2H3. The van der Waals surface area contributed by atoms with Crippen LogP contribution in [0.5, 0.6) is 0 Å². The number of thioether (sulfide) groups is 1. The zero-order chi connectivity index (χ0) is 11.3. The molecule has 2 amide bonds. The number of ether oxygens (including phenoxy) is 1. The van der Waals surface area contributed by atoms with Crippen LogP contribution in [0.2, 0.25) is 0 Å². The molecule has 1 aliphatic heterocycles. The van der Waals surface area contributed by atoms with Crippen LogP contribution in [0.3, 0.4) is 0 Å². The van der Waals surface area contributed by atoms with E-state index in [9.17, 15) is 9.59 Å². The van der Waals surface area contributed by atoms with Gasteiger partial charge in [-0.25, -0.2) is 0 Å². The van der Waals surface area contributed by atoms with Crippen molar-refractivity contribution in [3.8, 4) is 0 Å². The molecule has 0 spiro atoms. The van der Waals surface area contributed by atoms with Crippen molar-refractivity contribution >= 4 is 23.6 Å². The Morgan fingerprint density at radius 1 is 1.80 bits per heavy atom. The second-order valence-corrected chi connectivity index (χ2v) is 4.45. The molecule has 84 valence electrons. The minimum atomic E-state index is -0.299. The van der Waals surface area contributed by atoms with Gasteiger partial charge in [-0.3, -0.25) is 14.5 Å². The van der Waals surface area contributed by atoms with Gasteiger partial charge in [0.1, 0.15) is 0 Å². The maximum absolute atomic E-state index is 11.4. The Morgan fingerprint density at radius 2 is 2.53 bits per heavy atom. The first-order valence-corrected chi connectivity index (χ1v) is 5.84. The molecule has 1 atom stereocenters. The Balaban J connectivity index is 2.52. The first kappa shape index (κ1) is 12.3. The largest absolute Gasteiger partial charge is 0.384 e. The summed E-state index contributed by atoms with van der Waals surface area (Å²) in [5, 5.41) is -0.0434. The smallest absolute Gasteiger partial charge is 0.253 e. The molecule has 5 heteroatoms. The highest BCUT2D eigenvalue weighted by Crippen LogP contribution is 2.28. The molecule has 4 nitrogen and oxygen atoms in total. The summed E-state index contributed by atoms with van der Waals surface area (Å²) in [5.74, 6) is 0.386. The molecule has 1 unspecified atom stereocenters. The van der Waals surface area contributed by atoms with Crippen molar-refractivity contribution in [3.63, 3.8) is 0 Å². The monoisotopic (exact) mass is 229 g/mol. The quantitative estimate of drug-likeness (QED) is 0.522. The van der Waals surface area contributed by atoms with Crippen molar-refractivity contribution in [3.05, 3.63) is 12.7 Å². The molecule has 0 aromatic rings. The summed E-state index contributed by atoms with van der Waals surface area (Å²) in [5.41, 5.74) is 0. The van der Waals surface area contributed by atoms with Gasteiger partial charge >= 0.3 is 0 Å². The summed E-state index contributed by atoms with van der Waals surface area (Å²) in [7, 11) is 1.63. The van der Waals surface area contributed by atoms with Crippen LogP contribution in [0.4, 0.5) is 0 Å². The van der Waals surface area contributed by atoms with E-state index < -0.39 is 0 Å². The van der Waals surface area contributed by atoms with Crippen LogP contribution in [-0.4, -0.2) is 41.6 Å². The molecule has 1 heterocycles. The molecule has 0 aromatic heterocycles. The average molecular weight is 229 g/mol. The molecule has 0 aromatic carbocycles. The number of imide groups is 1. The van der Waals surface area contributed by atoms with Gasteiger partial charge in [-0.05, 0) is 12.5 Å². The highest BCUT2D eigenvalue weighted by Gasteiger charge is 2.34. The minimum absolute atomic E-state index is 0.0434. The number of carbonyl (C=O) groups is 2. The highest BCUT2D eigenvalue weighted by atomic mass is 32.2. The highest BCUT2D eigenvalue weighted by molar-refractivity contribution is 7.99. The van der Waals surface area contributed by atoms with Crippen LogP contribution in [0.1, 0.15) is 12.8 Å². The molecule has 1 fully saturated rings. The Bertz CT molecular complexity index is 267. The second-order valence-electron chi connectivity index (χ2n) is 3.16. The molecule has 1 aliphatic rings. The topological polar surface area (TPSA) is 46.6 Å². The summed E-state index contributed by atoms with van der Waals surface area (Å²) in [4.78, 5) is 24.1. The lowest BCUT2D eigenvalue weighted by Gasteiger charge is -2.20. The van der Waals surface area contributed by atoms with Crippen LogP contribution in [0.15, 0.2) is 12.7 Å². The van der Waals surface area contributed by atoms with Gasteiger partial charge < -0.3 is 4.74 Å². The van der Waals surface area contributed by atoms with E-state index in [0.717, 1.165) is 12.2 Å². The molecular formula is C10H15NO3S. The Kier molecular flexibility index (Phi) is 4.84. The summed E-state index contributed by atoms with van der Waals surface area (Å²) in [6.45, 7) is 4.02. The number of likely N-dealkylation sites (tertiary alicyclic amines) is 1. The van der Waals surface area contributed by atoms with Gasteiger partial charge in [0, 0.05) is 19.3 Å². The van der Waals surface area contributed by atoms with Crippen LogP contribution in [0, 0.1) is 0 Å². The SMILES string of the molecule is C=CC(=O)N1C(=O)CCC1SCCOC. The van der Waals surface area contributed by atoms with Gasteiger partial charge in [0.25, 0.3) is 5.91 Å². The molecule has 0 radical (unpaired) electrons. The Labute approximate surface area is 93.6 Å². The Morgan fingerprint density at radius 3 is 3.13 bits per heavy atom. The van der Waals surface area contributed by atoms with Crippen LogP contribution in [0.25, 0.3) is 0 Å². The average Bonchev–Trinajstić information content (AvgIpc) is 2.59. The van der Waals surface area contributed by atoms with Crippen LogP contribution in [-0.2, 0) is 14.3 Å². The van der Waals surface area contributed by atoms with Crippen molar-refractivity contribution in [2.45, 2.75) is 18.2 Å². The number of methoxy groups -OCH3 is 1. The van der Waals surface area contributed by atoms with E-state index in [-0.39, 0.29) is 17.2 Å². The molecule has 0 N–H and O–H groups in total. The molecule has 1 saturated heterocycles. The number of hydrogen-bond donors (Lipinski definition) is 0. The lowest BCUT2D eigenvalue weighted by molar-refractivity contribution is -0.139. The predicted molar refractivity (Wildman–Crippen MR) is 59.4 cm³/mol. The maximum Gasteiger partial charge on any atom is 0.253 e. The summed E-state index contributed by atoms with van der Waals surface area (Å²) >= 11 is 1.58. The van der Waals surface area contributed by atoms with Gasteiger partial charge in [-0.1, -0.05) is 6.58 Å². The predicted octanol–water partition coefficient (Wildman–Crippen LogP) is 1.03. The fourth-order valence-corrected chi connectivity index (χ4v) is 2.64. The maximum atomic E-state index is 11.4. The molecule has 1 rings (SSSR count). The summed E-state index contributed by atoms with van der Waals surface area (Å²) < 4.78 is 4.92. The van der Waals surface area contributed by atoms with Crippen molar-refractivity contribution in [2.75, 3.05) is 19.5 Å². The lowest BCUT2D eigenvalue weighted by Crippen LogP contribution is -2.36. The fourth-order valence-electron chi connectivity index (χ4n) is 1.45. The molecule has 15 heavy (non-hydrogen) atoms. The van der Waals surface area contributed by atoms with E-state index in [0.29, 0.717) is 13.0 Å². The third-order valence-corrected chi connectivity index (χ3v) is 3.41. The summed E-state index contributed by atoms with van der Waals surface area (Å²) in [6, 6.07) is 0. The van der Waals surface area contributed by atoms with Gasteiger partial charge in [-0.2, -0.15) is 0 Å². The number of carbonyl (C=O) groups excluding carboxylic acids is 2. The first-order valence-electron chi connectivity index (χ1n) is 4.79. The third kappa shape index (κ3) is 3.07. The first-order chi connectivity index (χ1) is 7.20. The molecule has 0 saturated carbocycles. The van der Waals surface area contributed by atoms with E-state index in [2.05, 4.69) is 6.58 Å². The van der Waals surface area contributed by atoms with E-state index in [4.69, 9.17) is 4.74 Å². The van der Waals surface area contributed by atoms with E-state index >= 15 is 0 Å². The van der Waals surface area contributed by atoms with E-state index in [1.807, 2.05) is 0 Å². The van der Waals surface area contributed by atoms with Crippen molar-refractivity contribution in [1.82, 2.24) is 4.90 Å². The summed E-state index contributed by atoms with van der Waals surface area (Å²) in [6.07, 6.45) is 2.37. The number of nitrogens with zero attached hydrogens (tertiary/aromatic N) is 1. The van der Waals surface area contributed by atoms with Crippen molar-refractivity contribution < 1.29 is 14.3 Å². The van der Waals surface area contributed by atoms with Crippen molar-refractivity contribution in [1.29, 1.82) is 0 Å². The zero-order valence-corrected chi connectivity index (χ0v) is 9.59. The van der Waals surface area contributed by atoms with Gasteiger partial charge in [-0.15, -0.1) is 11.8 Å². The number of hydrogen-bond acceptors (Lipinski definition) is 4. The van der Waals surface area contributed by atoms with Gasteiger partial charge in [0.15, 0.2) is 0 Å². The van der Waals surface area contributed by atoms with E-state index in [1.165, 1.54) is 11.0 Å². The normalized spacial score (nSPS) is 20.7. The van der Waals surface area contributed by atoms with Gasteiger partial charge in [0.2, 0.25) is 5.91 Å². The van der Waals surface area contributed by atoms with Crippen molar-refractivity contribution in [2.24, 2.45) is 0 Å². The number of amides is 2. The third-order valence-electron chi connectivity index (χ3n) is 2.17. The lowest BCUT2D eigenvalue weighted by atomic mass is 10.4. The van der Waals surface area contributed by atoms with Crippen LogP contribution >= 0.6 is 11.8 Å². The minimum Gasteiger partial charge on any atom is -0.384 e. The second kappa shape index (κ2) is 5.92. The van der Waals surface area contributed by atoms with Crippen LogP contribution < -0.4 is 0 Å². The fraction of sp³-hybridized carbons (Fsp3) is 0.600. The molecule has 0 aliphatic carbocycles. The molecular weight excluding hydrogens is 214 g/mol. The van der Waals surface area contributed by atoms with Gasteiger partial charge in [0.05, 0.1) is 12.0 Å². The van der Waals surface area contributed by atoms with E-state index in [1.54, 1.807) is 18.9 Å². The zero-order valence-electron chi connectivity index (χ0n) is 8.77.